The highest BCUT2D eigenvalue weighted by Gasteiger charge is 2.38. The molecule has 2 aliphatic heterocycles. The second-order valence-corrected chi connectivity index (χ2v) is 6.64. The summed E-state index contributed by atoms with van der Waals surface area (Å²) in [6, 6.07) is 6.88. The van der Waals surface area contributed by atoms with Gasteiger partial charge in [0.15, 0.2) is 0 Å². The molecule has 0 aromatic heterocycles. The van der Waals surface area contributed by atoms with E-state index in [9.17, 15) is 0 Å². The van der Waals surface area contributed by atoms with Gasteiger partial charge in [-0.1, -0.05) is 23.8 Å². The third-order valence-electron chi connectivity index (χ3n) is 5.07. The van der Waals surface area contributed by atoms with Crippen LogP contribution in [0.5, 0.6) is 0 Å². The molecule has 0 amide bonds. The van der Waals surface area contributed by atoms with Crippen molar-refractivity contribution in [2.24, 2.45) is 5.41 Å². The topological polar surface area (TPSA) is 15.3 Å². The highest BCUT2D eigenvalue weighted by molar-refractivity contribution is 5.85. The van der Waals surface area contributed by atoms with Crippen molar-refractivity contribution in [3.8, 4) is 0 Å². The van der Waals surface area contributed by atoms with E-state index < -0.39 is 0 Å². The number of nitrogens with zero attached hydrogens (tertiary/aromatic N) is 1. The summed E-state index contributed by atoms with van der Waals surface area (Å²) < 4.78 is 0. The molecule has 3 rings (SSSR count). The average Bonchev–Trinajstić information content (AvgIpc) is 2.77. The summed E-state index contributed by atoms with van der Waals surface area (Å²) in [4.78, 5) is 2.67. The molecule has 1 aromatic carbocycles. The number of piperidine rings is 1. The first-order chi connectivity index (χ1) is 9.17. The van der Waals surface area contributed by atoms with Gasteiger partial charge in [-0.25, -0.2) is 0 Å². The van der Waals surface area contributed by atoms with Gasteiger partial charge in [-0.2, -0.15) is 0 Å². The molecule has 2 heterocycles. The Kier molecular flexibility index (Phi) is 5.11. The van der Waals surface area contributed by atoms with Gasteiger partial charge in [-0.05, 0) is 69.3 Å². The number of benzene rings is 1. The van der Waals surface area contributed by atoms with Crippen molar-refractivity contribution in [3.05, 3.63) is 34.9 Å². The van der Waals surface area contributed by atoms with Crippen molar-refractivity contribution in [1.82, 2.24) is 10.2 Å². The summed E-state index contributed by atoms with van der Waals surface area (Å²) >= 11 is 0. The lowest BCUT2D eigenvalue weighted by atomic mass is 9.78. The monoisotopic (exact) mass is 294 g/mol. The Bertz CT molecular complexity index is 452. The predicted octanol–water partition coefficient (Wildman–Crippen LogP) is 3.30. The zero-order chi connectivity index (χ0) is 13.3. The molecule has 0 saturated carbocycles. The lowest BCUT2D eigenvalue weighted by molar-refractivity contribution is 0.194. The van der Waals surface area contributed by atoms with Crippen molar-refractivity contribution in [1.29, 1.82) is 0 Å². The van der Waals surface area contributed by atoms with Gasteiger partial charge in [0.1, 0.15) is 0 Å². The van der Waals surface area contributed by atoms with Crippen LogP contribution in [0.15, 0.2) is 18.2 Å². The second-order valence-electron chi connectivity index (χ2n) is 6.64. The summed E-state index contributed by atoms with van der Waals surface area (Å²) in [6.45, 7) is 10.6. The van der Waals surface area contributed by atoms with Crippen LogP contribution in [0.1, 0.15) is 36.0 Å². The SMILES string of the molecule is Cc1ccc(CN2CCC3(CCNCC3)C2)c(C)c1.Cl. The van der Waals surface area contributed by atoms with Crippen LogP contribution in [0.25, 0.3) is 0 Å². The molecular formula is C17H27ClN2. The number of likely N-dealkylation sites (tertiary alicyclic amines) is 1. The number of nitrogens with one attached hydrogen (secondary N) is 1. The molecule has 2 fully saturated rings. The van der Waals surface area contributed by atoms with Crippen LogP contribution in [0.3, 0.4) is 0 Å². The lowest BCUT2D eigenvalue weighted by Crippen LogP contribution is -2.38. The fraction of sp³-hybridized carbons (Fsp3) is 0.647. The first-order valence-electron chi connectivity index (χ1n) is 7.66. The minimum Gasteiger partial charge on any atom is -0.317 e. The zero-order valence-corrected chi connectivity index (χ0v) is 13.6. The van der Waals surface area contributed by atoms with Crippen LogP contribution in [0.2, 0.25) is 0 Å². The van der Waals surface area contributed by atoms with Crippen molar-refractivity contribution >= 4 is 12.4 Å². The van der Waals surface area contributed by atoms with Crippen molar-refractivity contribution in [3.63, 3.8) is 0 Å². The Hall–Kier alpha value is -0.570. The first-order valence-corrected chi connectivity index (χ1v) is 7.66. The van der Waals surface area contributed by atoms with E-state index in [1.807, 2.05) is 0 Å². The fourth-order valence-electron chi connectivity index (χ4n) is 3.79. The van der Waals surface area contributed by atoms with E-state index in [2.05, 4.69) is 42.3 Å². The summed E-state index contributed by atoms with van der Waals surface area (Å²) in [5.41, 5.74) is 4.96. The van der Waals surface area contributed by atoms with Gasteiger partial charge in [-0.15, -0.1) is 12.4 Å². The molecule has 1 N–H and O–H groups in total. The maximum atomic E-state index is 3.50. The van der Waals surface area contributed by atoms with E-state index in [0.29, 0.717) is 5.41 Å². The van der Waals surface area contributed by atoms with Gasteiger partial charge in [0.25, 0.3) is 0 Å². The third-order valence-corrected chi connectivity index (χ3v) is 5.07. The van der Waals surface area contributed by atoms with Gasteiger partial charge in [-0.3, -0.25) is 4.90 Å². The van der Waals surface area contributed by atoms with Crippen molar-refractivity contribution < 1.29 is 0 Å². The normalized spacial score (nSPS) is 21.9. The molecule has 2 nitrogen and oxygen atoms in total. The van der Waals surface area contributed by atoms with E-state index in [-0.39, 0.29) is 12.4 Å². The smallest absolute Gasteiger partial charge is 0.0236 e. The van der Waals surface area contributed by atoms with Crippen LogP contribution in [-0.2, 0) is 6.54 Å². The molecule has 2 saturated heterocycles. The number of aryl methyl sites for hydroxylation is 2. The van der Waals surface area contributed by atoms with Gasteiger partial charge < -0.3 is 5.32 Å². The maximum Gasteiger partial charge on any atom is 0.0236 e. The van der Waals surface area contributed by atoms with E-state index in [1.54, 1.807) is 0 Å². The van der Waals surface area contributed by atoms with E-state index in [1.165, 1.54) is 62.1 Å². The quantitative estimate of drug-likeness (QED) is 0.900. The van der Waals surface area contributed by atoms with E-state index in [4.69, 9.17) is 0 Å². The first kappa shape index (κ1) is 15.8. The minimum absolute atomic E-state index is 0. The Balaban J connectivity index is 0.00000147. The van der Waals surface area contributed by atoms with Gasteiger partial charge >= 0.3 is 0 Å². The molecule has 112 valence electrons. The average molecular weight is 295 g/mol. The second kappa shape index (κ2) is 6.46. The molecule has 0 bridgehead atoms. The lowest BCUT2D eigenvalue weighted by Gasteiger charge is -2.34. The maximum absolute atomic E-state index is 3.50. The molecule has 3 heteroatoms. The molecular weight excluding hydrogens is 268 g/mol. The number of rotatable bonds is 2. The Morgan fingerprint density at radius 2 is 1.90 bits per heavy atom. The molecule has 0 aliphatic carbocycles. The van der Waals surface area contributed by atoms with Crippen LogP contribution < -0.4 is 5.32 Å². The van der Waals surface area contributed by atoms with Crippen LogP contribution in [0, 0.1) is 19.3 Å². The summed E-state index contributed by atoms with van der Waals surface area (Å²) in [7, 11) is 0. The molecule has 0 atom stereocenters. The van der Waals surface area contributed by atoms with Crippen LogP contribution in [0.4, 0.5) is 0 Å². The van der Waals surface area contributed by atoms with E-state index in [0.717, 1.165) is 6.54 Å². The van der Waals surface area contributed by atoms with Gasteiger partial charge in [0.05, 0.1) is 0 Å². The largest absolute Gasteiger partial charge is 0.317 e. The van der Waals surface area contributed by atoms with Crippen molar-refractivity contribution in [2.45, 2.75) is 39.7 Å². The van der Waals surface area contributed by atoms with Crippen LogP contribution >= 0.6 is 12.4 Å². The Morgan fingerprint density at radius 3 is 2.60 bits per heavy atom. The number of halogens is 1. The fourth-order valence-corrected chi connectivity index (χ4v) is 3.79. The highest BCUT2D eigenvalue weighted by Crippen LogP contribution is 2.39. The Labute approximate surface area is 129 Å². The molecule has 2 aliphatic rings. The minimum atomic E-state index is 0. The van der Waals surface area contributed by atoms with E-state index >= 15 is 0 Å². The van der Waals surface area contributed by atoms with Crippen molar-refractivity contribution in [2.75, 3.05) is 26.2 Å². The molecule has 0 radical (unpaired) electrons. The molecule has 1 spiro atoms. The highest BCUT2D eigenvalue weighted by atomic mass is 35.5. The Morgan fingerprint density at radius 1 is 1.15 bits per heavy atom. The third kappa shape index (κ3) is 3.36. The molecule has 1 aromatic rings. The molecule has 0 unspecified atom stereocenters. The number of hydrogen-bond donors (Lipinski definition) is 1. The summed E-state index contributed by atoms with van der Waals surface area (Å²) in [5, 5.41) is 3.50. The van der Waals surface area contributed by atoms with Gasteiger partial charge in [0.2, 0.25) is 0 Å². The predicted molar refractivity (Wildman–Crippen MR) is 87.6 cm³/mol. The zero-order valence-electron chi connectivity index (χ0n) is 12.7. The van der Waals surface area contributed by atoms with Gasteiger partial charge in [0, 0.05) is 13.1 Å². The number of hydrogen-bond acceptors (Lipinski definition) is 2. The molecule has 20 heavy (non-hydrogen) atoms. The van der Waals surface area contributed by atoms with Crippen LogP contribution in [-0.4, -0.2) is 31.1 Å². The summed E-state index contributed by atoms with van der Waals surface area (Å²) in [6.07, 6.45) is 4.15. The summed E-state index contributed by atoms with van der Waals surface area (Å²) in [5.74, 6) is 0. The standard InChI is InChI=1S/C17H26N2.ClH/c1-14-3-4-16(15(2)11-14)12-19-10-7-17(13-19)5-8-18-9-6-17;/h3-4,11,18H,5-10,12-13H2,1-2H3;1H.